The van der Waals surface area contributed by atoms with Gasteiger partial charge in [-0.25, -0.2) is 4.79 Å². The van der Waals surface area contributed by atoms with E-state index in [0.29, 0.717) is 6.54 Å². The quantitative estimate of drug-likeness (QED) is 0.694. The molecule has 1 heterocycles. The first kappa shape index (κ1) is 9.98. The van der Waals surface area contributed by atoms with Crippen molar-refractivity contribution in [3.8, 4) is 0 Å². The zero-order valence-electron chi connectivity index (χ0n) is 8.60. The van der Waals surface area contributed by atoms with Gasteiger partial charge >= 0.3 is 6.09 Å². The molecule has 80 valence electrons. The van der Waals surface area contributed by atoms with E-state index in [0.717, 1.165) is 12.1 Å². The third-order valence-electron chi connectivity index (χ3n) is 2.41. The Morgan fingerprint density at radius 2 is 2.27 bits per heavy atom. The molecule has 0 saturated carbocycles. The fourth-order valence-corrected chi connectivity index (χ4v) is 1.72. The van der Waals surface area contributed by atoms with E-state index in [1.165, 1.54) is 12.7 Å². The van der Waals surface area contributed by atoms with Gasteiger partial charge in [-0.3, -0.25) is 4.90 Å². The van der Waals surface area contributed by atoms with E-state index in [1.807, 2.05) is 24.3 Å². The number of anilines is 1. The molecule has 1 aliphatic heterocycles. The molecule has 0 unspecified atom stereocenters. The van der Waals surface area contributed by atoms with E-state index in [4.69, 9.17) is 9.47 Å². The predicted molar refractivity (Wildman–Crippen MR) is 55.8 cm³/mol. The van der Waals surface area contributed by atoms with Crippen LogP contribution in [0.3, 0.4) is 0 Å². The average Bonchev–Trinajstić information content (AvgIpc) is 2.69. The molecule has 0 aliphatic carbocycles. The first-order valence-corrected chi connectivity index (χ1v) is 4.84. The second kappa shape index (κ2) is 4.31. The van der Waals surface area contributed by atoms with Crippen LogP contribution in [0.1, 0.15) is 5.56 Å². The summed E-state index contributed by atoms with van der Waals surface area (Å²) in [5.41, 5.74) is 2.13. The summed E-state index contributed by atoms with van der Waals surface area (Å²) in [5.74, 6) is 0. The highest BCUT2D eigenvalue weighted by atomic mass is 16.7. The Hall–Kier alpha value is -1.55. The summed E-state index contributed by atoms with van der Waals surface area (Å²) in [6.07, 6.45) is 0.542. The zero-order chi connectivity index (χ0) is 10.7. The lowest BCUT2D eigenvalue weighted by molar-refractivity contribution is 0.0153. The van der Waals surface area contributed by atoms with Gasteiger partial charge in [-0.15, -0.1) is 0 Å². The van der Waals surface area contributed by atoms with Crippen molar-refractivity contribution >= 4 is 11.8 Å². The lowest BCUT2D eigenvalue weighted by atomic mass is 10.2. The topological polar surface area (TPSA) is 38.8 Å². The van der Waals surface area contributed by atoms with Crippen LogP contribution in [0.2, 0.25) is 0 Å². The third kappa shape index (κ3) is 1.94. The van der Waals surface area contributed by atoms with Crippen molar-refractivity contribution < 1.29 is 14.3 Å². The van der Waals surface area contributed by atoms with E-state index in [1.54, 1.807) is 4.90 Å². The van der Waals surface area contributed by atoms with Crippen LogP contribution in [0, 0.1) is 0 Å². The highest BCUT2D eigenvalue weighted by Gasteiger charge is 2.24. The molecule has 0 aromatic heterocycles. The van der Waals surface area contributed by atoms with Gasteiger partial charge in [0.2, 0.25) is 0 Å². The average molecular weight is 207 g/mol. The molecule has 1 aromatic rings. The van der Waals surface area contributed by atoms with Gasteiger partial charge in [0, 0.05) is 13.7 Å². The molecule has 15 heavy (non-hydrogen) atoms. The minimum absolute atomic E-state index is 0.00248. The smallest absolute Gasteiger partial charge is 0.416 e. The summed E-state index contributed by atoms with van der Waals surface area (Å²) >= 11 is 0. The van der Waals surface area contributed by atoms with Crippen molar-refractivity contribution in [2.45, 2.75) is 6.42 Å². The monoisotopic (exact) mass is 207 g/mol. The number of benzene rings is 1. The maximum Gasteiger partial charge on any atom is 0.416 e. The molecular formula is C11H13NO3. The molecule has 2 rings (SSSR count). The molecule has 0 atom stereocenters. The highest BCUT2D eigenvalue weighted by molar-refractivity contribution is 5.90. The number of hydrogen-bond acceptors (Lipinski definition) is 3. The van der Waals surface area contributed by atoms with E-state index in [9.17, 15) is 4.79 Å². The van der Waals surface area contributed by atoms with E-state index >= 15 is 0 Å². The molecule has 1 aliphatic rings. The first-order chi connectivity index (χ1) is 7.33. The highest BCUT2D eigenvalue weighted by Crippen LogP contribution is 2.27. The summed E-state index contributed by atoms with van der Waals surface area (Å²) in [5, 5.41) is 0. The number of carbonyl (C=O) groups excluding carboxylic acids is 1. The number of amides is 1. The molecule has 0 saturated heterocycles. The van der Waals surface area contributed by atoms with Crippen molar-refractivity contribution in [2.24, 2.45) is 0 Å². The Kier molecular flexibility index (Phi) is 2.87. The third-order valence-corrected chi connectivity index (χ3v) is 2.41. The van der Waals surface area contributed by atoms with Gasteiger partial charge in [0.15, 0.2) is 6.79 Å². The van der Waals surface area contributed by atoms with Gasteiger partial charge in [0.05, 0.1) is 5.69 Å². The van der Waals surface area contributed by atoms with Gasteiger partial charge in [-0.1, -0.05) is 18.2 Å². The van der Waals surface area contributed by atoms with Crippen molar-refractivity contribution in [1.82, 2.24) is 0 Å². The lowest BCUT2D eigenvalue weighted by Crippen LogP contribution is -2.30. The molecule has 1 aromatic carbocycles. The molecule has 1 amide bonds. The van der Waals surface area contributed by atoms with Crippen LogP contribution >= 0.6 is 0 Å². The molecule has 0 bridgehead atoms. The van der Waals surface area contributed by atoms with Gasteiger partial charge in [-0.05, 0) is 18.1 Å². The minimum atomic E-state index is -0.346. The number of methoxy groups -OCH3 is 1. The van der Waals surface area contributed by atoms with Crippen LogP contribution in [0.4, 0.5) is 10.5 Å². The van der Waals surface area contributed by atoms with Gasteiger partial charge in [0.25, 0.3) is 0 Å². The molecular weight excluding hydrogens is 194 g/mol. The Bertz CT molecular complexity index is 365. The maximum atomic E-state index is 11.6. The Balaban J connectivity index is 2.10. The number of ether oxygens (including phenoxy) is 2. The number of hydrogen-bond donors (Lipinski definition) is 0. The number of rotatable bonds is 2. The van der Waals surface area contributed by atoms with E-state index in [-0.39, 0.29) is 12.9 Å². The SMILES string of the molecule is COCOC(=O)N1CCc2ccccc21. The lowest BCUT2D eigenvalue weighted by Gasteiger charge is -2.16. The molecule has 0 fully saturated rings. The predicted octanol–water partition coefficient (Wildman–Crippen LogP) is 1.79. The van der Waals surface area contributed by atoms with Crippen LogP contribution in [-0.4, -0.2) is 26.5 Å². The summed E-state index contributed by atoms with van der Waals surface area (Å²) in [6, 6.07) is 7.85. The number of carbonyl (C=O) groups is 1. The standard InChI is InChI=1S/C11H13NO3/c1-14-8-15-11(13)12-7-6-9-4-2-3-5-10(9)12/h2-5H,6-8H2,1H3. The van der Waals surface area contributed by atoms with Gasteiger partial charge in [0.1, 0.15) is 0 Å². The first-order valence-electron chi connectivity index (χ1n) is 4.84. The molecule has 0 N–H and O–H groups in total. The largest absolute Gasteiger partial charge is 0.422 e. The van der Waals surface area contributed by atoms with Crippen LogP contribution in [0.5, 0.6) is 0 Å². The van der Waals surface area contributed by atoms with Crippen LogP contribution in [0.25, 0.3) is 0 Å². The number of para-hydroxylation sites is 1. The second-order valence-corrected chi connectivity index (χ2v) is 3.35. The zero-order valence-corrected chi connectivity index (χ0v) is 8.60. The molecule has 4 nitrogen and oxygen atoms in total. The Morgan fingerprint density at radius 3 is 3.07 bits per heavy atom. The fraction of sp³-hybridized carbons (Fsp3) is 0.364. The van der Waals surface area contributed by atoms with Gasteiger partial charge in [-0.2, -0.15) is 0 Å². The molecule has 0 radical (unpaired) electrons. The van der Waals surface area contributed by atoms with Crippen molar-refractivity contribution in [3.05, 3.63) is 29.8 Å². The minimum Gasteiger partial charge on any atom is -0.422 e. The Morgan fingerprint density at radius 1 is 1.47 bits per heavy atom. The molecule has 4 heteroatoms. The fourth-order valence-electron chi connectivity index (χ4n) is 1.72. The van der Waals surface area contributed by atoms with Crippen molar-refractivity contribution in [1.29, 1.82) is 0 Å². The van der Waals surface area contributed by atoms with Gasteiger partial charge < -0.3 is 9.47 Å². The summed E-state index contributed by atoms with van der Waals surface area (Å²) < 4.78 is 9.59. The second-order valence-electron chi connectivity index (χ2n) is 3.35. The van der Waals surface area contributed by atoms with Crippen LogP contribution in [-0.2, 0) is 15.9 Å². The van der Waals surface area contributed by atoms with Crippen molar-refractivity contribution in [2.75, 3.05) is 25.3 Å². The maximum absolute atomic E-state index is 11.6. The Labute approximate surface area is 88.4 Å². The number of nitrogens with zero attached hydrogens (tertiary/aromatic N) is 1. The normalized spacial score (nSPS) is 13.8. The van der Waals surface area contributed by atoms with Crippen LogP contribution < -0.4 is 4.90 Å². The summed E-state index contributed by atoms with van der Waals surface area (Å²) in [7, 11) is 1.49. The summed E-state index contributed by atoms with van der Waals surface area (Å²) in [6.45, 7) is 0.680. The van der Waals surface area contributed by atoms with Crippen molar-refractivity contribution in [3.63, 3.8) is 0 Å². The summed E-state index contributed by atoms with van der Waals surface area (Å²) in [4.78, 5) is 13.2. The van der Waals surface area contributed by atoms with Crippen LogP contribution in [0.15, 0.2) is 24.3 Å². The van der Waals surface area contributed by atoms with E-state index < -0.39 is 0 Å². The number of fused-ring (bicyclic) bond motifs is 1. The molecule has 0 spiro atoms. The van der Waals surface area contributed by atoms with E-state index in [2.05, 4.69) is 0 Å².